The number of nitrogens with zero attached hydrogens (tertiary/aromatic N) is 4. The molecule has 1 aliphatic heterocycles. The van der Waals surface area contributed by atoms with Gasteiger partial charge in [0.2, 0.25) is 5.91 Å². The number of likely N-dealkylation sites (tertiary alicyclic amines) is 1. The van der Waals surface area contributed by atoms with Crippen LogP contribution in [-0.4, -0.2) is 69.2 Å². The Labute approximate surface area is 207 Å². The van der Waals surface area contributed by atoms with Crippen LogP contribution in [0.2, 0.25) is 5.02 Å². The van der Waals surface area contributed by atoms with Gasteiger partial charge in [0.15, 0.2) is 0 Å². The second-order valence-corrected chi connectivity index (χ2v) is 9.04. The van der Waals surface area contributed by atoms with Gasteiger partial charge in [0.25, 0.3) is 0 Å². The number of imidazole rings is 1. The van der Waals surface area contributed by atoms with E-state index in [0.717, 1.165) is 5.82 Å². The SMILES string of the molecule is CN(C)Cc1nccn1-c1ccc(NC(=O)[C@@H]2C[C@@H](O)CN2C(=O)Nc2ccc(Cl)cc2)c(F)c1. The molecule has 2 aromatic carbocycles. The smallest absolute Gasteiger partial charge is 0.322 e. The third-order valence-electron chi connectivity index (χ3n) is 5.60. The molecule has 9 nitrogen and oxygen atoms in total. The molecule has 1 aliphatic rings. The highest BCUT2D eigenvalue weighted by Gasteiger charge is 2.39. The second-order valence-electron chi connectivity index (χ2n) is 8.60. The number of halogens is 2. The van der Waals surface area contributed by atoms with Crippen molar-refractivity contribution in [1.82, 2.24) is 19.4 Å². The number of β-amino-alcohol motifs (C(OH)–C–C–N with tert-alkyl or cyclic N) is 1. The van der Waals surface area contributed by atoms with Gasteiger partial charge in [-0.2, -0.15) is 0 Å². The van der Waals surface area contributed by atoms with Crippen LogP contribution in [0.5, 0.6) is 0 Å². The first-order valence-corrected chi connectivity index (χ1v) is 11.4. The maximum atomic E-state index is 14.9. The van der Waals surface area contributed by atoms with Gasteiger partial charge in [-0.05, 0) is 50.5 Å². The third kappa shape index (κ3) is 5.79. The molecule has 3 aromatic rings. The molecule has 3 amide bonds. The number of hydrogen-bond acceptors (Lipinski definition) is 5. The molecule has 0 radical (unpaired) electrons. The minimum Gasteiger partial charge on any atom is -0.391 e. The molecule has 0 saturated carbocycles. The van der Waals surface area contributed by atoms with Gasteiger partial charge in [-0.25, -0.2) is 14.2 Å². The van der Waals surface area contributed by atoms with Crippen molar-refractivity contribution in [2.75, 3.05) is 31.3 Å². The van der Waals surface area contributed by atoms with Gasteiger partial charge in [0.1, 0.15) is 17.7 Å². The summed E-state index contributed by atoms with van der Waals surface area (Å²) < 4.78 is 16.7. The van der Waals surface area contributed by atoms with Gasteiger partial charge in [-0.15, -0.1) is 0 Å². The molecule has 2 heterocycles. The number of rotatable bonds is 6. The van der Waals surface area contributed by atoms with Crippen molar-refractivity contribution in [2.24, 2.45) is 0 Å². The quantitative estimate of drug-likeness (QED) is 0.482. The highest BCUT2D eigenvalue weighted by molar-refractivity contribution is 6.30. The van der Waals surface area contributed by atoms with E-state index in [0.29, 0.717) is 22.9 Å². The Morgan fingerprint density at radius 1 is 1.20 bits per heavy atom. The first-order valence-electron chi connectivity index (χ1n) is 11.0. The van der Waals surface area contributed by atoms with Crippen molar-refractivity contribution < 1.29 is 19.1 Å². The molecule has 3 N–H and O–H groups in total. The zero-order valence-electron chi connectivity index (χ0n) is 19.3. The van der Waals surface area contributed by atoms with E-state index < -0.39 is 29.9 Å². The van der Waals surface area contributed by atoms with Crippen molar-refractivity contribution in [3.8, 4) is 5.69 Å². The molecule has 1 saturated heterocycles. The van der Waals surface area contributed by atoms with Crippen molar-refractivity contribution in [3.05, 3.63) is 71.5 Å². The molecular weight excluding hydrogens is 475 g/mol. The number of aromatic nitrogens is 2. The van der Waals surface area contributed by atoms with Gasteiger partial charge in [0, 0.05) is 47.8 Å². The van der Waals surface area contributed by atoms with Gasteiger partial charge in [-0.3, -0.25) is 4.79 Å². The highest BCUT2D eigenvalue weighted by atomic mass is 35.5. The molecule has 2 atom stereocenters. The van der Waals surface area contributed by atoms with Crippen LogP contribution in [0.15, 0.2) is 54.9 Å². The van der Waals surface area contributed by atoms with E-state index in [1.165, 1.54) is 17.0 Å². The van der Waals surface area contributed by atoms with Crippen molar-refractivity contribution in [3.63, 3.8) is 0 Å². The number of carbonyl (C=O) groups is 2. The molecule has 1 fully saturated rings. The van der Waals surface area contributed by atoms with Gasteiger partial charge >= 0.3 is 6.03 Å². The minimum atomic E-state index is -0.961. The van der Waals surface area contributed by atoms with E-state index in [9.17, 15) is 19.1 Å². The molecule has 0 spiro atoms. The molecule has 0 unspecified atom stereocenters. The average Bonchev–Trinajstić information content (AvgIpc) is 3.43. The molecule has 4 rings (SSSR count). The number of aliphatic hydroxyl groups excluding tert-OH is 1. The zero-order valence-corrected chi connectivity index (χ0v) is 20.0. The van der Waals surface area contributed by atoms with Crippen LogP contribution in [-0.2, 0) is 11.3 Å². The predicted octanol–water partition coefficient (Wildman–Crippen LogP) is 3.33. The molecule has 11 heteroatoms. The number of aliphatic hydroxyl groups is 1. The maximum Gasteiger partial charge on any atom is 0.322 e. The lowest BCUT2D eigenvalue weighted by molar-refractivity contribution is -0.119. The van der Waals surface area contributed by atoms with Crippen LogP contribution in [0, 0.1) is 5.82 Å². The van der Waals surface area contributed by atoms with Crippen molar-refractivity contribution >= 4 is 34.9 Å². The van der Waals surface area contributed by atoms with Gasteiger partial charge in [0.05, 0.1) is 18.3 Å². The fourth-order valence-electron chi connectivity index (χ4n) is 3.96. The van der Waals surface area contributed by atoms with Crippen LogP contribution >= 0.6 is 11.6 Å². The molecular formula is C24H26ClFN6O3. The Balaban J connectivity index is 1.46. The lowest BCUT2D eigenvalue weighted by atomic mass is 10.1. The number of nitrogens with one attached hydrogen (secondary N) is 2. The standard InChI is InChI=1S/C24H26ClFN6O3/c1-30(2)14-22-27-9-10-31(22)17-7-8-20(19(26)11-17)29-23(34)21-12-18(33)13-32(21)24(35)28-16-5-3-15(25)4-6-16/h3-11,18,21,33H,12-14H2,1-2H3,(H,28,35)(H,29,34)/t18-,21+/m1/s1. The van der Waals surface area contributed by atoms with E-state index in [2.05, 4.69) is 15.6 Å². The molecule has 0 bridgehead atoms. The van der Waals surface area contributed by atoms with E-state index in [1.807, 2.05) is 19.0 Å². The number of urea groups is 1. The molecule has 0 aliphatic carbocycles. The van der Waals surface area contributed by atoms with E-state index in [1.54, 1.807) is 47.3 Å². The maximum absolute atomic E-state index is 14.9. The van der Waals surface area contributed by atoms with E-state index >= 15 is 0 Å². The number of hydrogen-bond donors (Lipinski definition) is 3. The summed E-state index contributed by atoms with van der Waals surface area (Å²) in [6, 6.07) is 9.45. The molecule has 35 heavy (non-hydrogen) atoms. The third-order valence-corrected chi connectivity index (χ3v) is 5.85. The Kier molecular flexibility index (Phi) is 7.34. The lowest BCUT2D eigenvalue weighted by Crippen LogP contribution is -2.45. The summed E-state index contributed by atoms with van der Waals surface area (Å²) in [7, 11) is 3.83. The van der Waals surface area contributed by atoms with Gasteiger partial charge < -0.3 is 30.1 Å². The first kappa shape index (κ1) is 24.6. The van der Waals surface area contributed by atoms with Crippen LogP contribution < -0.4 is 10.6 Å². The summed E-state index contributed by atoms with van der Waals surface area (Å²) in [5.41, 5.74) is 1.04. The first-order chi connectivity index (χ1) is 16.7. The normalized spacial score (nSPS) is 17.6. The van der Waals surface area contributed by atoms with Crippen LogP contribution in [0.1, 0.15) is 12.2 Å². The highest BCUT2D eigenvalue weighted by Crippen LogP contribution is 2.24. The summed E-state index contributed by atoms with van der Waals surface area (Å²) in [5.74, 6) is -0.472. The van der Waals surface area contributed by atoms with Crippen LogP contribution in [0.3, 0.4) is 0 Å². The number of anilines is 2. The Bertz CT molecular complexity index is 1220. The average molecular weight is 501 g/mol. The van der Waals surface area contributed by atoms with Crippen molar-refractivity contribution in [1.29, 1.82) is 0 Å². The van der Waals surface area contributed by atoms with E-state index in [-0.39, 0.29) is 18.7 Å². The minimum absolute atomic E-state index is 0.0196. The summed E-state index contributed by atoms with van der Waals surface area (Å²) in [6.07, 6.45) is 2.55. The topological polar surface area (TPSA) is 103 Å². The lowest BCUT2D eigenvalue weighted by Gasteiger charge is -2.24. The molecule has 1 aromatic heterocycles. The largest absolute Gasteiger partial charge is 0.391 e. The summed E-state index contributed by atoms with van der Waals surface area (Å²) >= 11 is 5.87. The Hall–Kier alpha value is -3.47. The number of carbonyl (C=O) groups excluding carboxylic acids is 2. The predicted molar refractivity (Wildman–Crippen MR) is 131 cm³/mol. The zero-order chi connectivity index (χ0) is 25.1. The fourth-order valence-corrected chi connectivity index (χ4v) is 4.08. The molecule has 184 valence electrons. The monoisotopic (exact) mass is 500 g/mol. The summed E-state index contributed by atoms with van der Waals surface area (Å²) in [4.78, 5) is 33.2. The summed E-state index contributed by atoms with van der Waals surface area (Å²) in [6.45, 7) is 0.555. The van der Waals surface area contributed by atoms with Crippen LogP contribution in [0.4, 0.5) is 20.6 Å². The Morgan fingerprint density at radius 3 is 2.63 bits per heavy atom. The second kappa shape index (κ2) is 10.4. The number of benzene rings is 2. The van der Waals surface area contributed by atoms with Gasteiger partial charge in [-0.1, -0.05) is 11.6 Å². The van der Waals surface area contributed by atoms with Crippen LogP contribution in [0.25, 0.3) is 5.69 Å². The number of amides is 3. The van der Waals surface area contributed by atoms with Crippen molar-refractivity contribution in [2.45, 2.75) is 25.1 Å². The Morgan fingerprint density at radius 2 is 1.94 bits per heavy atom. The summed E-state index contributed by atoms with van der Waals surface area (Å²) in [5, 5.41) is 15.9. The van der Waals surface area contributed by atoms with E-state index in [4.69, 9.17) is 11.6 Å². The fraction of sp³-hybridized carbons (Fsp3) is 0.292.